The second-order valence-electron chi connectivity index (χ2n) is 7.61. The molecule has 1 aliphatic rings. The third-order valence-electron chi connectivity index (χ3n) is 4.01. The van der Waals surface area contributed by atoms with Gasteiger partial charge in [0, 0.05) is 23.2 Å². The molecular weight excluding hydrogens is 345 g/mol. The molecular formula is C17H26FN3O3S. The monoisotopic (exact) mass is 371 g/mol. The van der Waals surface area contributed by atoms with Crippen molar-refractivity contribution in [1.29, 1.82) is 0 Å². The Morgan fingerprint density at radius 2 is 1.96 bits per heavy atom. The number of hydrogen-bond donors (Lipinski definition) is 3. The minimum absolute atomic E-state index is 0.00430. The molecule has 1 aliphatic carbocycles. The first-order valence-corrected chi connectivity index (χ1v) is 9.86. The first kappa shape index (κ1) is 19.8. The van der Waals surface area contributed by atoms with Crippen molar-refractivity contribution in [1.82, 2.24) is 4.72 Å². The highest BCUT2D eigenvalue weighted by Gasteiger charge is 2.27. The average molecular weight is 371 g/mol. The summed E-state index contributed by atoms with van der Waals surface area (Å²) in [7, 11) is -4.04. The quantitative estimate of drug-likeness (QED) is 0.756. The van der Waals surface area contributed by atoms with Gasteiger partial charge in [-0.2, -0.15) is 0 Å². The van der Waals surface area contributed by atoms with E-state index >= 15 is 0 Å². The van der Waals surface area contributed by atoms with Crippen LogP contribution in [0.1, 0.15) is 46.5 Å². The van der Waals surface area contributed by atoms with E-state index in [0.717, 1.165) is 31.4 Å². The zero-order valence-corrected chi connectivity index (χ0v) is 15.6. The van der Waals surface area contributed by atoms with Gasteiger partial charge in [0.1, 0.15) is 10.7 Å². The van der Waals surface area contributed by atoms with Gasteiger partial charge in [-0.05, 0) is 58.2 Å². The van der Waals surface area contributed by atoms with Crippen LogP contribution < -0.4 is 15.8 Å². The van der Waals surface area contributed by atoms with Gasteiger partial charge in [0.2, 0.25) is 15.9 Å². The van der Waals surface area contributed by atoms with Crippen LogP contribution in [0.15, 0.2) is 23.1 Å². The zero-order chi connectivity index (χ0) is 18.8. The van der Waals surface area contributed by atoms with Gasteiger partial charge in [-0.3, -0.25) is 4.79 Å². The van der Waals surface area contributed by atoms with E-state index < -0.39 is 26.3 Å². The molecule has 1 fully saturated rings. The van der Waals surface area contributed by atoms with E-state index in [-0.39, 0.29) is 23.6 Å². The lowest BCUT2D eigenvalue weighted by atomic mass is 9.85. The molecule has 25 heavy (non-hydrogen) atoms. The summed E-state index contributed by atoms with van der Waals surface area (Å²) < 4.78 is 41.2. The summed E-state index contributed by atoms with van der Waals surface area (Å²) in [6.07, 6.45) is 3.14. The van der Waals surface area contributed by atoms with Crippen molar-refractivity contribution >= 4 is 21.6 Å². The Morgan fingerprint density at radius 1 is 1.28 bits per heavy atom. The molecule has 0 heterocycles. The molecule has 4 N–H and O–H groups in total. The largest absolute Gasteiger partial charge is 0.328 e. The van der Waals surface area contributed by atoms with Crippen molar-refractivity contribution in [3.8, 4) is 0 Å². The number of amides is 1. The van der Waals surface area contributed by atoms with Gasteiger partial charge < -0.3 is 11.1 Å². The Bertz CT molecular complexity index is 744. The molecule has 8 heteroatoms. The Labute approximate surface area is 148 Å². The summed E-state index contributed by atoms with van der Waals surface area (Å²) >= 11 is 0. The second kappa shape index (κ2) is 7.39. The van der Waals surface area contributed by atoms with Crippen molar-refractivity contribution in [2.24, 2.45) is 11.7 Å². The number of benzene rings is 1. The van der Waals surface area contributed by atoms with Crippen LogP contribution in [-0.2, 0) is 14.8 Å². The van der Waals surface area contributed by atoms with Crippen LogP contribution in [0.4, 0.5) is 10.1 Å². The van der Waals surface area contributed by atoms with Gasteiger partial charge in [-0.15, -0.1) is 0 Å². The van der Waals surface area contributed by atoms with E-state index in [2.05, 4.69) is 10.0 Å². The van der Waals surface area contributed by atoms with E-state index in [4.69, 9.17) is 5.73 Å². The van der Waals surface area contributed by atoms with Gasteiger partial charge in [0.25, 0.3) is 0 Å². The topological polar surface area (TPSA) is 101 Å². The smallest absolute Gasteiger partial charge is 0.244 e. The van der Waals surface area contributed by atoms with E-state index in [1.807, 2.05) is 0 Å². The van der Waals surface area contributed by atoms with Crippen LogP contribution in [0.2, 0.25) is 0 Å². The maximum Gasteiger partial charge on any atom is 0.244 e. The summed E-state index contributed by atoms with van der Waals surface area (Å²) in [6, 6.07) is 3.54. The van der Waals surface area contributed by atoms with Gasteiger partial charge in [-0.25, -0.2) is 17.5 Å². The summed E-state index contributed by atoms with van der Waals surface area (Å²) in [5.41, 5.74) is 5.40. The van der Waals surface area contributed by atoms with Crippen molar-refractivity contribution in [2.75, 3.05) is 5.32 Å². The van der Waals surface area contributed by atoms with E-state index in [1.165, 1.54) is 6.07 Å². The third-order valence-corrected chi connectivity index (χ3v) is 5.79. The van der Waals surface area contributed by atoms with Crippen molar-refractivity contribution in [3.05, 3.63) is 24.0 Å². The van der Waals surface area contributed by atoms with Gasteiger partial charge in [-0.1, -0.05) is 6.42 Å². The lowest BCUT2D eigenvalue weighted by Crippen LogP contribution is -2.40. The number of rotatable bonds is 4. The van der Waals surface area contributed by atoms with E-state index in [9.17, 15) is 17.6 Å². The minimum atomic E-state index is -4.04. The molecule has 0 saturated heterocycles. The third kappa shape index (κ3) is 5.49. The van der Waals surface area contributed by atoms with Gasteiger partial charge in [0.15, 0.2) is 0 Å². The van der Waals surface area contributed by atoms with Crippen molar-refractivity contribution in [3.63, 3.8) is 0 Å². The van der Waals surface area contributed by atoms with Crippen LogP contribution in [0.3, 0.4) is 0 Å². The van der Waals surface area contributed by atoms with E-state index in [1.54, 1.807) is 20.8 Å². The fourth-order valence-corrected chi connectivity index (χ4v) is 4.48. The molecule has 6 nitrogen and oxygen atoms in total. The minimum Gasteiger partial charge on any atom is -0.328 e. The number of carbonyl (C=O) groups is 1. The predicted octanol–water partition coefficient (Wildman–Crippen LogP) is 2.36. The highest BCUT2D eigenvalue weighted by atomic mass is 32.2. The molecule has 0 radical (unpaired) electrons. The Kier molecular flexibility index (Phi) is 5.86. The Hall–Kier alpha value is -1.51. The molecule has 0 bridgehead atoms. The van der Waals surface area contributed by atoms with Crippen LogP contribution in [-0.4, -0.2) is 25.9 Å². The molecule has 2 unspecified atom stereocenters. The van der Waals surface area contributed by atoms with E-state index in [0.29, 0.717) is 6.42 Å². The summed E-state index contributed by atoms with van der Waals surface area (Å²) in [6.45, 7) is 5.00. The molecule has 0 spiro atoms. The summed E-state index contributed by atoms with van der Waals surface area (Å²) in [5.74, 6) is -1.29. The standard InChI is InChI=1S/C17H26FN3O3S/c1-17(2,3)21-25(23,24)15-10-13(7-8-14(15)18)20-16(22)11-5-4-6-12(19)9-11/h7-8,10-12,21H,4-6,9,19H2,1-3H3,(H,20,22). The molecule has 0 aliphatic heterocycles. The lowest BCUT2D eigenvalue weighted by molar-refractivity contribution is -0.120. The first-order valence-electron chi connectivity index (χ1n) is 8.38. The molecule has 1 aromatic rings. The first-order chi connectivity index (χ1) is 11.5. The Morgan fingerprint density at radius 3 is 2.56 bits per heavy atom. The molecule has 1 aromatic carbocycles. The molecule has 0 aromatic heterocycles. The molecule has 1 amide bonds. The summed E-state index contributed by atoms with van der Waals surface area (Å²) in [5, 5.41) is 2.68. The number of halogens is 1. The molecule has 1 saturated carbocycles. The molecule has 2 atom stereocenters. The maximum atomic E-state index is 14.0. The number of carbonyl (C=O) groups excluding carboxylic acids is 1. The van der Waals surface area contributed by atoms with Crippen LogP contribution >= 0.6 is 0 Å². The predicted molar refractivity (Wildman–Crippen MR) is 95.0 cm³/mol. The molecule has 140 valence electrons. The normalized spacial score (nSPS) is 21.8. The number of nitrogens with one attached hydrogen (secondary N) is 2. The summed E-state index contributed by atoms with van der Waals surface area (Å²) in [4.78, 5) is 11.9. The average Bonchev–Trinajstić information content (AvgIpc) is 2.46. The van der Waals surface area contributed by atoms with Crippen molar-refractivity contribution in [2.45, 2.75) is 62.9 Å². The van der Waals surface area contributed by atoms with Gasteiger partial charge in [0.05, 0.1) is 0 Å². The van der Waals surface area contributed by atoms with Crippen molar-refractivity contribution < 1.29 is 17.6 Å². The Balaban J connectivity index is 2.20. The lowest BCUT2D eigenvalue weighted by Gasteiger charge is -2.25. The van der Waals surface area contributed by atoms with Crippen LogP contribution in [0, 0.1) is 11.7 Å². The molecule has 2 rings (SSSR count). The number of nitrogens with two attached hydrogens (primary N) is 1. The van der Waals surface area contributed by atoms with Crippen LogP contribution in [0.5, 0.6) is 0 Å². The fourth-order valence-electron chi connectivity index (χ4n) is 2.96. The van der Waals surface area contributed by atoms with Crippen LogP contribution in [0.25, 0.3) is 0 Å². The fraction of sp³-hybridized carbons (Fsp3) is 0.588. The highest BCUT2D eigenvalue weighted by Crippen LogP contribution is 2.26. The highest BCUT2D eigenvalue weighted by molar-refractivity contribution is 7.89. The number of hydrogen-bond acceptors (Lipinski definition) is 4. The second-order valence-corrected chi connectivity index (χ2v) is 9.26. The number of anilines is 1. The SMILES string of the molecule is CC(C)(C)NS(=O)(=O)c1cc(NC(=O)C2CCCC(N)C2)ccc1F. The van der Waals surface area contributed by atoms with Gasteiger partial charge >= 0.3 is 0 Å². The maximum absolute atomic E-state index is 14.0. The zero-order valence-electron chi connectivity index (χ0n) is 14.8. The number of sulfonamides is 1.